The van der Waals surface area contributed by atoms with Gasteiger partial charge < -0.3 is 10.2 Å². The van der Waals surface area contributed by atoms with Gasteiger partial charge in [-0.15, -0.1) is 0 Å². The van der Waals surface area contributed by atoms with Gasteiger partial charge in [-0.05, 0) is 48.2 Å². The summed E-state index contributed by atoms with van der Waals surface area (Å²) >= 11 is 6.00. The molecule has 0 unspecified atom stereocenters. The average molecular weight is 378 g/mol. The summed E-state index contributed by atoms with van der Waals surface area (Å²) in [7, 11) is 0. The van der Waals surface area contributed by atoms with Crippen molar-refractivity contribution in [3.8, 4) is 0 Å². The number of halogens is 1. The van der Waals surface area contributed by atoms with Gasteiger partial charge >= 0.3 is 0 Å². The van der Waals surface area contributed by atoms with Crippen molar-refractivity contribution in [1.82, 2.24) is 10.3 Å². The summed E-state index contributed by atoms with van der Waals surface area (Å²) in [5, 5.41) is 3.67. The third kappa shape index (κ3) is 3.96. The highest BCUT2D eigenvalue weighted by atomic mass is 35.5. The molecule has 1 N–H and O–H groups in total. The van der Waals surface area contributed by atoms with Crippen LogP contribution in [0.3, 0.4) is 0 Å². The standard InChI is InChI=1S/C22H20ClN3O/c23-19-6-3-4-16(12-19)8-10-25-22(27)18-13-20(15-24-14-18)26-11-9-17-5-1-2-7-21(17)26/h1-7,12-15H,8-11H2,(H,25,27). The number of nitrogens with one attached hydrogen (secondary N) is 1. The summed E-state index contributed by atoms with van der Waals surface area (Å²) in [6.07, 6.45) is 5.16. The lowest BCUT2D eigenvalue weighted by atomic mass is 10.1. The number of aromatic nitrogens is 1. The highest BCUT2D eigenvalue weighted by molar-refractivity contribution is 6.30. The normalized spacial score (nSPS) is 12.7. The van der Waals surface area contributed by atoms with Crippen LogP contribution in [-0.4, -0.2) is 24.0 Å². The zero-order valence-corrected chi connectivity index (χ0v) is 15.6. The summed E-state index contributed by atoms with van der Waals surface area (Å²) in [6.45, 7) is 1.46. The Hall–Kier alpha value is -2.85. The van der Waals surface area contributed by atoms with E-state index in [0.29, 0.717) is 17.1 Å². The Labute approximate surface area is 163 Å². The van der Waals surface area contributed by atoms with Gasteiger partial charge in [0.25, 0.3) is 5.91 Å². The second-order valence-electron chi connectivity index (χ2n) is 6.60. The first-order chi connectivity index (χ1) is 13.2. The van der Waals surface area contributed by atoms with E-state index >= 15 is 0 Å². The quantitative estimate of drug-likeness (QED) is 0.716. The first-order valence-corrected chi connectivity index (χ1v) is 9.41. The first kappa shape index (κ1) is 17.6. The Morgan fingerprint density at radius 1 is 1.11 bits per heavy atom. The van der Waals surface area contributed by atoms with Gasteiger partial charge in [0.1, 0.15) is 0 Å². The maximum absolute atomic E-state index is 12.5. The topological polar surface area (TPSA) is 45.2 Å². The van der Waals surface area contributed by atoms with Gasteiger partial charge in [-0.25, -0.2) is 0 Å². The summed E-state index contributed by atoms with van der Waals surface area (Å²) in [6, 6.07) is 17.9. The lowest BCUT2D eigenvalue weighted by molar-refractivity contribution is 0.0954. The molecule has 0 saturated heterocycles. The fraction of sp³-hybridized carbons (Fsp3) is 0.182. The van der Waals surface area contributed by atoms with E-state index in [4.69, 9.17) is 11.6 Å². The molecule has 1 aliphatic heterocycles. The maximum Gasteiger partial charge on any atom is 0.252 e. The second-order valence-corrected chi connectivity index (χ2v) is 7.03. The number of hydrogen-bond donors (Lipinski definition) is 1. The molecule has 0 radical (unpaired) electrons. The zero-order valence-electron chi connectivity index (χ0n) is 14.9. The fourth-order valence-electron chi connectivity index (χ4n) is 3.42. The Bertz CT molecular complexity index is 973. The monoisotopic (exact) mass is 377 g/mol. The van der Waals surface area contributed by atoms with E-state index in [0.717, 1.165) is 30.6 Å². The minimum atomic E-state index is -0.112. The Kier molecular flexibility index (Phi) is 5.07. The van der Waals surface area contributed by atoms with Crippen LogP contribution in [-0.2, 0) is 12.8 Å². The van der Waals surface area contributed by atoms with Gasteiger partial charge in [0.05, 0.1) is 17.4 Å². The van der Waals surface area contributed by atoms with E-state index in [1.807, 2.05) is 42.6 Å². The van der Waals surface area contributed by atoms with Crippen molar-refractivity contribution in [3.63, 3.8) is 0 Å². The van der Waals surface area contributed by atoms with Gasteiger partial charge in [-0.2, -0.15) is 0 Å². The lowest BCUT2D eigenvalue weighted by Gasteiger charge is -2.19. The first-order valence-electron chi connectivity index (χ1n) is 9.04. The van der Waals surface area contributed by atoms with Gasteiger partial charge in [-0.3, -0.25) is 9.78 Å². The molecule has 0 saturated carbocycles. The Morgan fingerprint density at radius 2 is 2.00 bits per heavy atom. The maximum atomic E-state index is 12.5. The number of benzene rings is 2. The van der Waals surface area contributed by atoms with Crippen molar-refractivity contribution in [2.45, 2.75) is 12.8 Å². The van der Waals surface area contributed by atoms with E-state index < -0.39 is 0 Å². The van der Waals surface area contributed by atoms with Crippen molar-refractivity contribution in [3.05, 3.63) is 88.7 Å². The van der Waals surface area contributed by atoms with Crippen LogP contribution in [0.2, 0.25) is 5.02 Å². The highest BCUT2D eigenvalue weighted by Crippen LogP contribution is 2.34. The van der Waals surface area contributed by atoms with Crippen LogP contribution >= 0.6 is 11.6 Å². The van der Waals surface area contributed by atoms with Crippen LogP contribution in [0.15, 0.2) is 67.0 Å². The number of anilines is 2. The number of para-hydroxylation sites is 1. The number of hydrogen-bond acceptors (Lipinski definition) is 3. The molecule has 0 atom stereocenters. The summed E-state index contributed by atoms with van der Waals surface area (Å²) in [5.74, 6) is -0.112. The predicted octanol–water partition coefficient (Wildman–Crippen LogP) is 4.40. The molecule has 0 fully saturated rings. The SMILES string of the molecule is O=C(NCCc1cccc(Cl)c1)c1cncc(N2CCc3ccccc32)c1. The van der Waals surface area contributed by atoms with Crippen LogP contribution in [0.5, 0.6) is 0 Å². The molecule has 27 heavy (non-hydrogen) atoms. The number of carbonyl (C=O) groups excluding carboxylic acids is 1. The smallest absolute Gasteiger partial charge is 0.252 e. The van der Waals surface area contributed by atoms with Crippen molar-refractivity contribution in [2.24, 2.45) is 0 Å². The molecule has 136 valence electrons. The number of pyridine rings is 1. The number of nitrogens with zero attached hydrogens (tertiary/aromatic N) is 2. The van der Waals surface area contributed by atoms with Crippen LogP contribution in [0.1, 0.15) is 21.5 Å². The molecule has 0 aliphatic carbocycles. The molecule has 1 aliphatic rings. The average Bonchev–Trinajstić information content (AvgIpc) is 3.12. The molecule has 0 spiro atoms. The molecule has 1 amide bonds. The van der Waals surface area contributed by atoms with E-state index in [1.165, 1.54) is 11.3 Å². The predicted molar refractivity (Wildman–Crippen MR) is 109 cm³/mol. The van der Waals surface area contributed by atoms with Gasteiger partial charge in [-0.1, -0.05) is 41.9 Å². The van der Waals surface area contributed by atoms with Crippen LogP contribution in [0, 0.1) is 0 Å². The minimum Gasteiger partial charge on any atom is -0.352 e. The zero-order chi connectivity index (χ0) is 18.6. The minimum absolute atomic E-state index is 0.112. The van der Waals surface area contributed by atoms with Crippen LogP contribution in [0.25, 0.3) is 0 Å². The lowest BCUT2D eigenvalue weighted by Crippen LogP contribution is -2.26. The third-order valence-electron chi connectivity index (χ3n) is 4.77. The van der Waals surface area contributed by atoms with Gasteiger partial charge in [0, 0.05) is 30.0 Å². The van der Waals surface area contributed by atoms with Crippen molar-refractivity contribution in [2.75, 3.05) is 18.0 Å². The number of amides is 1. The van der Waals surface area contributed by atoms with Crippen molar-refractivity contribution < 1.29 is 4.79 Å². The second kappa shape index (κ2) is 7.80. The molecule has 2 aromatic carbocycles. The molecule has 4 rings (SSSR count). The molecule has 3 aromatic rings. The van der Waals surface area contributed by atoms with Gasteiger partial charge in [0.2, 0.25) is 0 Å². The largest absolute Gasteiger partial charge is 0.352 e. The third-order valence-corrected chi connectivity index (χ3v) is 5.01. The van der Waals surface area contributed by atoms with E-state index in [1.54, 1.807) is 6.20 Å². The molecular formula is C22H20ClN3O. The van der Waals surface area contributed by atoms with E-state index in [2.05, 4.69) is 33.4 Å². The van der Waals surface area contributed by atoms with Gasteiger partial charge in [0.15, 0.2) is 0 Å². The molecule has 1 aromatic heterocycles. The Morgan fingerprint density at radius 3 is 2.89 bits per heavy atom. The Balaban J connectivity index is 1.42. The molecule has 2 heterocycles. The van der Waals surface area contributed by atoms with E-state index in [-0.39, 0.29) is 5.91 Å². The summed E-state index contributed by atoms with van der Waals surface area (Å²) < 4.78 is 0. The van der Waals surface area contributed by atoms with Crippen molar-refractivity contribution in [1.29, 1.82) is 0 Å². The number of fused-ring (bicyclic) bond motifs is 1. The molecule has 0 bridgehead atoms. The highest BCUT2D eigenvalue weighted by Gasteiger charge is 2.20. The summed E-state index contributed by atoms with van der Waals surface area (Å²) in [4.78, 5) is 19.0. The fourth-order valence-corrected chi connectivity index (χ4v) is 3.63. The van der Waals surface area contributed by atoms with Crippen LogP contribution in [0.4, 0.5) is 11.4 Å². The van der Waals surface area contributed by atoms with Crippen LogP contribution < -0.4 is 10.2 Å². The molecule has 5 heteroatoms. The number of rotatable bonds is 5. The summed E-state index contributed by atoms with van der Waals surface area (Å²) in [5.41, 5.74) is 5.14. The molecular weight excluding hydrogens is 358 g/mol. The van der Waals surface area contributed by atoms with Crippen molar-refractivity contribution >= 4 is 28.9 Å². The van der Waals surface area contributed by atoms with E-state index in [9.17, 15) is 4.79 Å². The molecule has 4 nitrogen and oxygen atoms in total. The number of carbonyl (C=O) groups is 1.